The SMILES string of the molecule is Clc1ccc(Oc2ccccn2)cc1I. The maximum Gasteiger partial charge on any atom is 0.219 e. The van der Waals surface area contributed by atoms with E-state index in [1.165, 1.54) is 0 Å². The van der Waals surface area contributed by atoms with Gasteiger partial charge in [-0.3, -0.25) is 0 Å². The molecule has 0 N–H and O–H groups in total. The Morgan fingerprint density at radius 1 is 1.20 bits per heavy atom. The molecule has 2 aromatic rings. The molecule has 0 amide bonds. The summed E-state index contributed by atoms with van der Waals surface area (Å²) in [6.07, 6.45) is 1.69. The predicted molar refractivity (Wildman–Crippen MR) is 68.5 cm³/mol. The van der Waals surface area contributed by atoms with Crippen molar-refractivity contribution in [1.82, 2.24) is 4.98 Å². The van der Waals surface area contributed by atoms with E-state index in [1.54, 1.807) is 6.20 Å². The summed E-state index contributed by atoms with van der Waals surface area (Å²) in [4.78, 5) is 4.07. The van der Waals surface area contributed by atoms with Gasteiger partial charge in [0.05, 0.1) is 5.02 Å². The van der Waals surface area contributed by atoms with Crippen LogP contribution < -0.4 is 4.74 Å². The summed E-state index contributed by atoms with van der Waals surface area (Å²) < 4.78 is 6.50. The van der Waals surface area contributed by atoms with Gasteiger partial charge in [0, 0.05) is 15.8 Å². The van der Waals surface area contributed by atoms with Crippen molar-refractivity contribution in [1.29, 1.82) is 0 Å². The standard InChI is InChI=1S/C11H7ClINO/c12-9-5-4-8(7-10(9)13)15-11-3-1-2-6-14-11/h1-7H. The Balaban J connectivity index is 2.22. The van der Waals surface area contributed by atoms with Gasteiger partial charge in [0.25, 0.3) is 0 Å². The molecule has 0 fully saturated rings. The molecule has 1 aromatic heterocycles. The molecule has 0 saturated carbocycles. The number of pyridine rings is 1. The highest BCUT2D eigenvalue weighted by molar-refractivity contribution is 14.1. The monoisotopic (exact) mass is 331 g/mol. The zero-order valence-electron chi connectivity index (χ0n) is 7.65. The minimum absolute atomic E-state index is 0.579. The average Bonchev–Trinajstić information content (AvgIpc) is 2.25. The van der Waals surface area contributed by atoms with Crippen molar-refractivity contribution in [2.24, 2.45) is 0 Å². The first-order valence-electron chi connectivity index (χ1n) is 4.29. The Morgan fingerprint density at radius 3 is 2.73 bits per heavy atom. The van der Waals surface area contributed by atoms with Gasteiger partial charge in [-0.2, -0.15) is 0 Å². The van der Waals surface area contributed by atoms with E-state index in [0.717, 1.165) is 14.3 Å². The molecule has 0 bridgehead atoms. The Morgan fingerprint density at radius 2 is 2.07 bits per heavy atom. The number of nitrogens with zero attached hydrogens (tertiary/aromatic N) is 1. The van der Waals surface area contributed by atoms with Gasteiger partial charge in [0.15, 0.2) is 0 Å². The lowest BCUT2D eigenvalue weighted by atomic mass is 10.3. The van der Waals surface area contributed by atoms with E-state index in [9.17, 15) is 0 Å². The first-order valence-corrected chi connectivity index (χ1v) is 5.75. The zero-order chi connectivity index (χ0) is 10.7. The molecule has 0 spiro atoms. The summed E-state index contributed by atoms with van der Waals surface area (Å²) in [6, 6.07) is 11.0. The van der Waals surface area contributed by atoms with E-state index >= 15 is 0 Å². The molecular weight excluding hydrogens is 324 g/mol. The van der Waals surface area contributed by atoms with Crippen LogP contribution in [0.25, 0.3) is 0 Å². The molecule has 0 aliphatic carbocycles. The minimum atomic E-state index is 0.579. The quantitative estimate of drug-likeness (QED) is 0.772. The van der Waals surface area contributed by atoms with Crippen LogP contribution in [0.4, 0.5) is 0 Å². The fourth-order valence-electron chi connectivity index (χ4n) is 1.07. The molecule has 76 valence electrons. The zero-order valence-corrected chi connectivity index (χ0v) is 10.6. The Kier molecular flexibility index (Phi) is 3.43. The van der Waals surface area contributed by atoms with Gasteiger partial charge in [-0.25, -0.2) is 4.98 Å². The molecule has 4 heteroatoms. The smallest absolute Gasteiger partial charge is 0.219 e. The number of halogens is 2. The van der Waals surface area contributed by atoms with E-state index in [1.807, 2.05) is 36.4 Å². The number of aromatic nitrogens is 1. The van der Waals surface area contributed by atoms with Crippen molar-refractivity contribution in [2.75, 3.05) is 0 Å². The van der Waals surface area contributed by atoms with Crippen molar-refractivity contribution >= 4 is 34.2 Å². The van der Waals surface area contributed by atoms with Gasteiger partial charge in [0.2, 0.25) is 5.88 Å². The third-order valence-corrected chi connectivity index (χ3v) is 3.29. The van der Waals surface area contributed by atoms with Crippen LogP contribution >= 0.6 is 34.2 Å². The third-order valence-electron chi connectivity index (χ3n) is 1.75. The van der Waals surface area contributed by atoms with E-state index in [-0.39, 0.29) is 0 Å². The van der Waals surface area contributed by atoms with E-state index in [4.69, 9.17) is 16.3 Å². The van der Waals surface area contributed by atoms with Crippen molar-refractivity contribution in [2.45, 2.75) is 0 Å². The van der Waals surface area contributed by atoms with Crippen LogP contribution in [0, 0.1) is 3.57 Å². The molecule has 0 radical (unpaired) electrons. The first-order chi connectivity index (χ1) is 7.25. The summed E-state index contributed by atoms with van der Waals surface area (Å²) in [5.74, 6) is 1.32. The molecule has 0 aliphatic heterocycles. The van der Waals surface area contributed by atoms with E-state index in [2.05, 4.69) is 27.6 Å². The largest absolute Gasteiger partial charge is 0.439 e. The molecule has 0 atom stereocenters. The van der Waals surface area contributed by atoms with Crippen LogP contribution in [-0.4, -0.2) is 4.98 Å². The van der Waals surface area contributed by atoms with Crippen molar-refractivity contribution in [3.8, 4) is 11.6 Å². The van der Waals surface area contributed by atoms with Gasteiger partial charge in [-0.1, -0.05) is 17.7 Å². The second kappa shape index (κ2) is 4.81. The highest BCUT2D eigenvalue weighted by Gasteiger charge is 2.01. The summed E-state index contributed by atoms with van der Waals surface area (Å²) in [6.45, 7) is 0. The average molecular weight is 332 g/mol. The molecule has 15 heavy (non-hydrogen) atoms. The Hall–Kier alpha value is -0.810. The normalized spacial score (nSPS) is 10.0. The fourth-order valence-corrected chi connectivity index (χ4v) is 1.67. The molecule has 2 nitrogen and oxygen atoms in total. The number of ether oxygens (including phenoxy) is 1. The van der Waals surface area contributed by atoms with Crippen LogP contribution in [0.2, 0.25) is 5.02 Å². The lowest BCUT2D eigenvalue weighted by molar-refractivity contribution is 0.462. The lowest BCUT2D eigenvalue weighted by Crippen LogP contribution is -1.87. The molecule has 0 unspecified atom stereocenters. The van der Waals surface area contributed by atoms with Gasteiger partial charge in [0.1, 0.15) is 5.75 Å². The molecule has 1 heterocycles. The van der Waals surface area contributed by atoms with Crippen molar-refractivity contribution in [3.63, 3.8) is 0 Å². The highest BCUT2D eigenvalue weighted by Crippen LogP contribution is 2.26. The van der Waals surface area contributed by atoms with Crippen LogP contribution in [0.5, 0.6) is 11.6 Å². The number of benzene rings is 1. The highest BCUT2D eigenvalue weighted by atomic mass is 127. The maximum atomic E-state index is 5.90. The van der Waals surface area contributed by atoms with E-state index in [0.29, 0.717) is 5.88 Å². The second-order valence-corrected chi connectivity index (χ2v) is 4.42. The second-order valence-electron chi connectivity index (χ2n) is 2.85. The molecule has 0 saturated heterocycles. The maximum absolute atomic E-state index is 5.90. The predicted octanol–water partition coefficient (Wildman–Crippen LogP) is 4.13. The number of hydrogen-bond donors (Lipinski definition) is 0. The van der Waals surface area contributed by atoms with Crippen molar-refractivity contribution < 1.29 is 4.74 Å². The fraction of sp³-hybridized carbons (Fsp3) is 0. The van der Waals surface area contributed by atoms with Crippen LogP contribution in [0.1, 0.15) is 0 Å². The minimum Gasteiger partial charge on any atom is -0.439 e. The third kappa shape index (κ3) is 2.82. The van der Waals surface area contributed by atoms with Gasteiger partial charge >= 0.3 is 0 Å². The number of hydrogen-bond acceptors (Lipinski definition) is 2. The molecule has 0 aliphatic rings. The van der Waals surface area contributed by atoms with Gasteiger partial charge in [-0.05, 0) is 46.9 Å². The first kappa shape index (κ1) is 10.7. The van der Waals surface area contributed by atoms with Crippen LogP contribution in [0.3, 0.4) is 0 Å². The number of rotatable bonds is 2. The molecule has 1 aromatic carbocycles. The summed E-state index contributed by atoms with van der Waals surface area (Å²) >= 11 is 8.07. The molecular formula is C11H7ClINO. The topological polar surface area (TPSA) is 22.1 Å². The van der Waals surface area contributed by atoms with E-state index < -0.39 is 0 Å². The van der Waals surface area contributed by atoms with Crippen LogP contribution in [0.15, 0.2) is 42.6 Å². The summed E-state index contributed by atoms with van der Waals surface area (Å²) in [5.41, 5.74) is 0. The molecule has 2 rings (SSSR count). The lowest BCUT2D eigenvalue weighted by Gasteiger charge is -2.04. The van der Waals surface area contributed by atoms with Crippen molar-refractivity contribution in [3.05, 3.63) is 51.2 Å². The van der Waals surface area contributed by atoms with Crippen LogP contribution in [-0.2, 0) is 0 Å². The van der Waals surface area contributed by atoms with Gasteiger partial charge in [-0.15, -0.1) is 0 Å². The Bertz CT molecular complexity index is 461. The summed E-state index contributed by atoms with van der Waals surface area (Å²) in [5, 5.41) is 0.726. The van der Waals surface area contributed by atoms with Gasteiger partial charge < -0.3 is 4.74 Å². The summed E-state index contributed by atoms with van der Waals surface area (Å²) in [7, 11) is 0. The Labute approximate surface area is 106 Å².